The normalized spacial score (nSPS) is 16.1. The van der Waals surface area contributed by atoms with Gasteiger partial charge in [0.25, 0.3) is 0 Å². The molecular weight excluding hydrogens is 388 g/mol. The molecule has 3 heterocycles. The summed E-state index contributed by atoms with van der Waals surface area (Å²) in [4.78, 5) is 29.0. The van der Waals surface area contributed by atoms with Gasteiger partial charge in [0.15, 0.2) is 11.5 Å². The highest BCUT2D eigenvalue weighted by Crippen LogP contribution is 2.31. The second kappa shape index (κ2) is 8.86. The molecule has 0 saturated carbocycles. The lowest BCUT2D eigenvalue weighted by Crippen LogP contribution is -2.50. The molecule has 1 N–H and O–H groups in total. The Hall–Kier alpha value is -2.54. The van der Waals surface area contributed by atoms with Crippen molar-refractivity contribution in [2.45, 2.75) is 45.2 Å². The Balaban J connectivity index is 1.38. The minimum absolute atomic E-state index is 0.0132. The summed E-state index contributed by atoms with van der Waals surface area (Å²) in [6, 6.07) is 7.15. The lowest BCUT2D eigenvalue weighted by Gasteiger charge is -2.31. The zero-order chi connectivity index (χ0) is 20.2. The Morgan fingerprint density at radius 3 is 2.86 bits per heavy atom. The zero-order valence-electron chi connectivity index (χ0n) is 16.6. The van der Waals surface area contributed by atoms with Gasteiger partial charge in [0, 0.05) is 18.0 Å². The Kier molecular flexibility index (Phi) is 6.04. The average molecular weight is 415 g/mol. The molecule has 2 aliphatic heterocycles. The van der Waals surface area contributed by atoms with Crippen LogP contribution in [0.2, 0.25) is 0 Å². The molecule has 1 aromatic carbocycles. The minimum Gasteiger partial charge on any atom is -0.486 e. The SMILES string of the molecule is CCCC(NC(=O)Cc1ccc2c(c1)OCCO2)C(=O)N1CCc2sccc2C1. The Bertz CT molecular complexity index is 895. The van der Waals surface area contributed by atoms with E-state index >= 15 is 0 Å². The summed E-state index contributed by atoms with van der Waals surface area (Å²) in [6.07, 6.45) is 2.57. The fraction of sp³-hybridized carbons (Fsp3) is 0.455. The molecule has 0 radical (unpaired) electrons. The van der Waals surface area contributed by atoms with Crippen molar-refractivity contribution in [2.75, 3.05) is 19.8 Å². The smallest absolute Gasteiger partial charge is 0.245 e. The number of ether oxygens (including phenoxy) is 2. The number of rotatable bonds is 6. The van der Waals surface area contributed by atoms with Crippen LogP contribution in [0, 0.1) is 0 Å². The number of hydrogen-bond donors (Lipinski definition) is 1. The van der Waals surface area contributed by atoms with Crippen LogP contribution in [0.25, 0.3) is 0 Å². The maximum Gasteiger partial charge on any atom is 0.245 e. The van der Waals surface area contributed by atoms with Crippen LogP contribution in [-0.2, 0) is 29.0 Å². The summed E-state index contributed by atoms with van der Waals surface area (Å²) >= 11 is 1.75. The van der Waals surface area contributed by atoms with Crippen LogP contribution in [0.1, 0.15) is 35.8 Å². The summed E-state index contributed by atoms with van der Waals surface area (Å²) in [5.74, 6) is 1.24. The van der Waals surface area contributed by atoms with Crippen LogP contribution in [0.4, 0.5) is 0 Å². The van der Waals surface area contributed by atoms with Crippen molar-refractivity contribution in [3.05, 3.63) is 45.6 Å². The highest BCUT2D eigenvalue weighted by Gasteiger charge is 2.28. The van der Waals surface area contributed by atoms with Gasteiger partial charge in [0.1, 0.15) is 19.3 Å². The molecule has 2 amide bonds. The van der Waals surface area contributed by atoms with E-state index in [1.807, 2.05) is 30.0 Å². The first-order chi connectivity index (χ1) is 14.1. The number of thiophene rings is 1. The van der Waals surface area contributed by atoms with Crippen molar-refractivity contribution >= 4 is 23.2 Å². The fourth-order valence-electron chi connectivity index (χ4n) is 3.83. The number of benzene rings is 1. The maximum absolute atomic E-state index is 13.1. The molecular formula is C22H26N2O4S. The first-order valence-electron chi connectivity index (χ1n) is 10.2. The molecule has 7 heteroatoms. The number of nitrogens with one attached hydrogen (secondary N) is 1. The van der Waals surface area contributed by atoms with Crippen molar-refractivity contribution < 1.29 is 19.1 Å². The quantitative estimate of drug-likeness (QED) is 0.789. The van der Waals surface area contributed by atoms with E-state index in [0.29, 0.717) is 44.2 Å². The molecule has 4 rings (SSSR count). The third kappa shape index (κ3) is 4.56. The van der Waals surface area contributed by atoms with Crippen LogP contribution >= 0.6 is 11.3 Å². The van der Waals surface area contributed by atoms with Crippen molar-refractivity contribution in [3.63, 3.8) is 0 Å². The van der Waals surface area contributed by atoms with Gasteiger partial charge in [-0.1, -0.05) is 19.4 Å². The second-order valence-corrected chi connectivity index (χ2v) is 8.44. The van der Waals surface area contributed by atoms with E-state index in [1.165, 1.54) is 10.4 Å². The summed E-state index contributed by atoms with van der Waals surface area (Å²) in [6.45, 7) is 4.43. The molecule has 2 aromatic rings. The minimum atomic E-state index is -0.482. The molecule has 1 unspecified atom stereocenters. The van der Waals surface area contributed by atoms with Crippen molar-refractivity contribution in [1.82, 2.24) is 10.2 Å². The van der Waals surface area contributed by atoms with Gasteiger partial charge in [-0.3, -0.25) is 9.59 Å². The third-order valence-electron chi connectivity index (χ3n) is 5.30. The van der Waals surface area contributed by atoms with E-state index in [1.54, 1.807) is 11.3 Å². The van der Waals surface area contributed by atoms with Gasteiger partial charge in [-0.05, 0) is 47.5 Å². The Morgan fingerprint density at radius 2 is 2.03 bits per heavy atom. The first-order valence-corrected chi connectivity index (χ1v) is 11.0. The summed E-state index contributed by atoms with van der Waals surface area (Å²) in [5.41, 5.74) is 2.07. The standard InChI is InChI=1S/C22H26N2O4S/c1-2-3-17(22(26)24-8-6-20-16(14-24)7-11-29-20)23-21(25)13-15-4-5-18-19(12-15)28-10-9-27-18/h4-5,7,11-12,17H,2-3,6,8-10,13-14H2,1H3,(H,23,25). The number of nitrogens with zero attached hydrogens (tertiary/aromatic N) is 1. The van der Waals surface area contributed by atoms with Crippen molar-refractivity contribution in [2.24, 2.45) is 0 Å². The van der Waals surface area contributed by atoms with Gasteiger partial charge in [-0.15, -0.1) is 11.3 Å². The predicted molar refractivity (Wildman–Crippen MR) is 111 cm³/mol. The first kappa shape index (κ1) is 19.8. The number of fused-ring (bicyclic) bond motifs is 2. The molecule has 0 bridgehead atoms. The van der Waals surface area contributed by atoms with E-state index in [0.717, 1.165) is 18.4 Å². The topological polar surface area (TPSA) is 67.9 Å². The molecule has 154 valence electrons. The van der Waals surface area contributed by atoms with Crippen LogP contribution in [0.15, 0.2) is 29.6 Å². The fourth-order valence-corrected chi connectivity index (χ4v) is 4.72. The average Bonchev–Trinajstić information content (AvgIpc) is 3.20. The van der Waals surface area contributed by atoms with Gasteiger partial charge in [-0.2, -0.15) is 0 Å². The second-order valence-electron chi connectivity index (χ2n) is 7.44. The molecule has 0 fully saturated rings. The van der Waals surface area contributed by atoms with E-state index in [4.69, 9.17) is 9.47 Å². The molecule has 2 aliphatic rings. The maximum atomic E-state index is 13.1. The van der Waals surface area contributed by atoms with Gasteiger partial charge >= 0.3 is 0 Å². The number of hydrogen-bond acceptors (Lipinski definition) is 5. The van der Waals surface area contributed by atoms with Crippen molar-refractivity contribution in [1.29, 1.82) is 0 Å². The number of carbonyl (C=O) groups excluding carboxylic acids is 2. The molecule has 29 heavy (non-hydrogen) atoms. The van der Waals surface area contributed by atoms with Gasteiger partial charge in [0.2, 0.25) is 11.8 Å². The van der Waals surface area contributed by atoms with Crippen LogP contribution in [-0.4, -0.2) is 42.5 Å². The van der Waals surface area contributed by atoms with E-state index < -0.39 is 6.04 Å². The van der Waals surface area contributed by atoms with Crippen LogP contribution in [0.3, 0.4) is 0 Å². The third-order valence-corrected chi connectivity index (χ3v) is 6.32. The van der Waals surface area contributed by atoms with Gasteiger partial charge in [0.05, 0.1) is 6.42 Å². The number of carbonyl (C=O) groups is 2. The lowest BCUT2D eigenvalue weighted by molar-refractivity contribution is -0.137. The molecule has 6 nitrogen and oxygen atoms in total. The van der Waals surface area contributed by atoms with E-state index in [2.05, 4.69) is 16.8 Å². The monoisotopic (exact) mass is 414 g/mol. The molecule has 0 saturated heterocycles. The molecule has 0 aliphatic carbocycles. The Labute approximate surface area is 174 Å². The van der Waals surface area contributed by atoms with Crippen LogP contribution < -0.4 is 14.8 Å². The largest absolute Gasteiger partial charge is 0.486 e. The molecule has 1 aromatic heterocycles. The molecule has 0 spiro atoms. The number of amides is 2. The highest BCUT2D eigenvalue weighted by atomic mass is 32.1. The van der Waals surface area contributed by atoms with E-state index in [-0.39, 0.29) is 18.2 Å². The molecule has 1 atom stereocenters. The Morgan fingerprint density at radius 1 is 1.21 bits per heavy atom. The van der Waals surface area contributed by atoms with Gasteiger partial charge in [-0.25, -0.2) is 0 Å². The summed E-state index contributed by atoms with van der Waals surface area (Å²) in [5, 5.41) is 5.04. The highest BCUT2D eigenvalue weighted by molar-refractivity contribution is 7.10. The van der Waals surface area contributed by atoms with Gasteiger partial charge < -0.3 is 19.7 Å². The van der Waals surface area contributed by atoms with E-state index in [9.17, 15) is 9.59 Å². The van der Waals surface area contributed by atoms with Crippen LogP contribution in [0.5, 0.6) is 11.5 Å². The summed E-state index contributed by atoms with van der Waals surface area (Å²) in [7, 11) is 0. The summed E-state index contributed by atoms with van der Waals surface area (Å²) < 4.78 is 11.1. The zero-order valence-corrected chi connectivity index (χ0v) is 17.4. The van der Waals surface area contributed by atoms with Crippen molar-refractivity contribution in [3.8, 4) is 11.5 Å². The lowest BCUT2D eigenvalue weighted by atomic mass is 10.1. The predicted octanol–water partition coefficient (Wildman–Crippen LogP) is 2.93.